The summed E-state index contributed by atoms with van der Waals surface area (Å²) in [6.07, 6.45) is 2.06. The van der Waals surface area contributed by atoms with Crippen LogP contribution in [0.25, 0.3) is 6.08 Å². The fraction of sp³-hybridized carbons (Fsp3) is 0. The van der Waals surface area contributed by atoms with Crippen molar-refractivity contribution in [2.24, 2.45) is 0 Å². The van der Waals surface area contributed by atoms with Crippen LogP contribution in [0.2, 0.25) is 0 Å². The van der Waals surface area contributed by atoms with E-state index < -0.39 is 11.9 Å². The van der Waals surface area contributed by atoms with Crippen LogP contribution in [0, 0.1) is 0 Å². The Kier molecular flexibility index (Phi) is 4.51. The van der Waals surface area contributed by atoms with Crippen LogP contribution < -0.4 is 5.32 Å². The molecule has 118 valence electrons. The van der Waals surface area contributed by atoms with E-state index in [1.165, 1.54) is 36.4 Å². The van der Waals surface area contributed by atoms with Gasteiger partial charge in [-0.1, -0.05) is 18.2 Å². The summed E-state index contributed by atoms with van der Waals surface area (Å²) in [6.45, 7) is 0. The highest BCUT2D eigenvalue weighted by atomic mass is 16.4. The van der Waals surface area contributed by atoms with Gasteiger partial charge in [0.2, 0.25) is 0 Å². The van der Waals surface area contributed by atoms with E-state index in [1.54, 1.807) is 6.07 Å². The summed E-state index contributed by atoms with van der Waals surface area (Å²) in [4.78, 5) is 21.7. The van der Waals surface area contributed by atoms with E-state index in [2.05, 4.69) is 5.32 Å². The average molecular weight is 315 g/mol. The van der Waals surface area contributed by atoms with Gasteiger partial charge in [0.25, 0.3) is 0 Å². The van der Waals surface area contributed by atoms with E-state index in [-0.39, 0.29) is 34.0 Å². The number of carboxylic acids is 2. The number of carboxylic acid groups (broad SMARTS) is 2. The molecule has 0 aliphatic carbocycles. The molecule has 0 aromatic heterocycles. The van der Waals surface area contributed by atoms with Gasteiger partial charge in [-0.2, -0.15) is 0 Å². The number of rotatable bonds is 5. The van der Waals surface area contributed by atoms with E-state index in [4.69, 9.17) is 10.2 Å². The Morgan fingerprint density at radius 2 is 1.70 bits per heavy atom. The van der Waals surface area contributed by atoms with Gasteiger partial charge in [-0.05, 0) is 24.3 Å². The number of anilines is 2. The molecule has 0 amide bonds. The highest BCUT2D eigenvalue weighted by molar-refractivity contribution is 5.97. The second-order valence-corrected chi connectivity index (χ2v) is 4.54. The van der Waals surface area contributed by atoms with Crippen molar-refractivity contribution >= 4 is 29.4 Å². The van der Waals surface area contributed by atoms with E-state index in [9.17, 15) is 19.8 Å². The molecule has 7 heteroatoms. The van der Waals surface area contributed by atoms with E-state index in [1.807, 2.05) is 0 Å². The summed E-state index contributed by atoms with van der Waals surface area (Å²) in [5.41, 5.74) is 0.108. The van der Waals surface area contributed by atoms with E-state index in [0.717, 1.165) is 6.08 Å². The summed E-state index contributed by atoms with van der Waals surface area (Å²) in [5.74, 6) is -2.98. The maximum absolute atomic E-state index is 11.2. The minimum absolute atomic E-state index is 0.0744. The number of aromatic hydroxyl groups is 2. The number of benzene rings is 2. The Hall–Kier alpha value is -3.48. The number of hydrogen-bond acceptors (Lipinski definition) is 5. The van der Waals surface area contributed by atoms with Gasteiger partial charge in [0, 0.05) is 11.6 Å². The maximum atomic E-state index is 11.2. The van der Waals surface area contributed by atoms with Crippen molar-refractivity contribution in [1.29, 1.82) is 0 Å². The van der Waals surface area contributed by atoms with Crippen LogP contribution in [-0.4, -0.2) is 32.4 Å². The molecule has 0 aliphatic rings. The lowest BCUT2D eigenvalue weighted by Gasteiger charge is -2.13. The van der Waals surface area contributed by atoms with Crippen LogP contribution in [0.1, 0.15) is 15.9 Å². The third-order valence-corrected chi connectivity index (χ3v) is 3.01. The molecule has 7 nitrogen and oxygen atoms in total. The summed E-state index contributed by atoms with van der Waals surface area (Å²) < 4.78 is 0. The lowest BCUT2D eigenvalue weighted by molar-refractivity contribution is -0.131. The third-order valence-electron chi connectivity index (χ3n) is 3.01. The molecule has 0 aliphatic heterocycles. The van der Waals surface area contributed by atoms with Crippen molar-refractivity contribution in [3.05, 3.63) is 53.6 Å². The first-order valence-corrected chi connectivity index (χ1v) is 6.45. The Balaban J connectivity index is 2.44. The first kappa shape index (κ1) is 15.9. The summed E-state index contributed by atoms with van der Waals surface area (Å²) in [5, 5.41) is 40.4. The topological polar surface area (TPSA) is 127 Å². The van der Waals surface area contributed by atoms with Gasteiger partial charge in [0.15, 0.2) is 0 Å². The second kappa shape index (κ2) is 6.52. The van der Waals surface area contributed by atoms with Crippen molar-refractivity contribution in [2.75, 3.05) is 5.32 Å². The number of para-hydroxylation sites is 2. The summed E-state index contributed by atoms with van der Waals surface area (Å²) >= 11 is 0. The van der Waals surface area contributed by atoms with Gasteiger partial charge < -0.3 is 25.7 Å². The second-order valence-electron chi connectivity index (χ2n) is 4.54. The normalized spacial score (nSPS) is 10.6. The van der Waals surface area contributed by atoms with Crippen molar-refractivity contribution in [3.8, 4) is 11.5 Å². The van der Waals surface area contributed by atoms with Gasteiger partial charge in [-0.15, -0.1) is 0 Å². The largest absolute Gasteiger partial charge is 0.506 e. The molecule has 0 atom stereocenters. The van der Waals surface area contributed by atoms with Gasteiger partial charge in [0.1, 0.15) is 11.5 Å². The number of phenolic OH excluding ortho intramolecular Hbond substituents is 2. The highest BCUT2D eigenvalue weighted by Crippen LogP contribution is 2.35. The maximum Gasteiger partial charge on any atom is 0.337 e. The summed E-state index contributed by atoms with van der Waals surface area (Å²) in [7, 11) is 0. The minimum Gasteiger partial charge on any atom is -0.506 e. The zero-order chi connectivity index (χ0) is 17.0. The standard InChI is InChI=1S/C16H13NO6/c18-12-6-2-4-10(16(22)23)14(12)17-11-5-1-3-9(15(11)21)7-8-13(19)20/h1-8,17-18,21H,(H,19,20)(H,22,23). The predicted molar refractivity (Wildman–Crippen MR) is 83.1 cm³/mol. The molecule has 2 aromatic carbocycles. The molecule has 0 radical (unpaired) electrons. The molecule has 0 spiro atoms. The van der Waals surface area contributed by atoms with Gasteiger partial charge in [-0.25, -0.2) is 9.59 Å². The fourth-order valence-corrected chi connectivity index (χ4v) is 1.94. The highest BCUT2D eigenvalue weighted by Gasteiger charge is 2.15. The molecule has 5 N–H and O–H groups in total. The molecule has 0 fully saturated rings. The Bertz CT molecular complexity index is 797. The van der Waals surface area contributed by atoms with E-state index >= 15 is 0 Å². The molecular formula is C16H13NO6. The predicted octanol–water partition coefficient (Wildman–Crippen LogP) is 2.64. The number of phenols is 2. The number of carbonyl (C=O) groups is 2. The Labute approximate surface area is 130 Å². The third kappa shape index (κ3) is 3.59. The Morgan fingerprint density at radius 1 is 1.00 bits per heavy atom. The molecule has 2 rings (SSSR count). The molecule has 0 bridgehead atoms. The quantitative estimate of drug-likeness (QED) is 0.424. The molecule has 0 saturated heterocycles. The smallest absolute Gasteiger partial charge is 0.337 e. The summed E-state index contributed by atoms with van der Waals surface area (Å²) in [6, 6.07) is 8.49. The molecule has 0 unspecified atom stereocenters. The first-order valence-electron chi connectivity index (χ1n) is 6.45. The molecular weight excluding hydrogens is 302 g/mol. The van der Waals surface area contributed by atoms with Crippen molar-refractivity contribution in [2.45, 2.75) is 0 Å². The average Bonchev–Trinajstić information content (AvgIpc) is 2.49. The number of hydrogen-bond donors (Lipinski definition) is 5. The van der Waals surface area contributed by atoms with E-state index in [0.29, 0.717) is 0 Å². The van der Waals surface area contributed by atoms with Crippen LogP contribution in [0.15, 0.2) is 42.5 Å². The van der Waals surface area contributed by atoms with Gasteiger partial charge in [-0.3, -0.25) is 0 Å². The minimum atomic E-state index is -1.25. The zero-order valence-electron chi connectivity index (χ0n) is 11.7. The van der Waals surface area contributed by atoms with Crippen LogP contribution in [0.4, 0.5) is 11.4 Å². The number of nitrogens with one attached hydrogen (secondary N) is 1. The Morgan fingerprint density at radius 3 is 2.35 bits per heavy atom. The lowest BCUT2D eigenvalue weighted by Crippen LogP contribution is -2.03. The van der Waals surface area contributed by atoms with Crippen LogP contribution in [-0.2, 0) is 4.79 Å². The zero-order valence-corrected chi connectivity index (χ0v) is 11.7. The van der Waals surface area contributed by atoms with Crippen molar-refractivity contribution in [1.82, 2.24) is 0 Å². The molecule has 0 saturated carbocycles. The molecule has 23 heavy (non-hydrogen) atoms. The van der Waals surface area contributed by atoms with Gasteiger partial charge >= 0.3 is 11.9 Å². The number of aromatic carboxylic acids is 1. The first-order chi connectivity index (χ1) is 10.9. The SMILES string of the molecule is O=C(O)C=Cc1cccc(Nc2c(O)cccc2C(=O)O)c1O. The molecule has 0 heterocycles. The van der Waals surface area contributed by atoms with Crippen LogP contribution in [0.5, 0.6) is 11.5 Å². The fourth-order valence-electron chi connectivity index (χ4n) is 1.94. The molecule has 2 aromatic rings. The van der Waals surface area contributed by atoms with Crippen LogP contribution in [0.3, 0.4) is 0 Å². The van der Waals surface area contributed by atoms with Crippen molar-refractivity contribution < 1.29 is 30.0 Å². The van der Waals surface area contributed by atoms with Crippen LogP contribution >= 0.6 is 0 Å². The lowest BCUT2D eigenvalue weighted by atomic mass is 10.1. The number of aliphatic carboxylic acids is 1. The van der Waals surface area contributed by atoms with Crippen molar-refractivity contribution in [3.63, 3.8) is 0 Å². The monoisotopic (exact) mass is 315 g/mol. The van der Waals surface area contributed by atoms with Gasteiger partial charge in [0.05, 0.1) is 16.9 Å².